The number of nitrogens with zero attached hydrogens (tertiary/aromatic N) is 8. The van der Waals surface area contributed by atoms with E-state index in [1.54, 1.807) is 0 Å². The van der Waals surface area contributed by atoms with E-state index in [0.29, 0.717) is 56.4 Å². The Hall–Kier alpha value is -4.16. The smallest absolute Gasteiger partial charge is 0.407 e. The van der Waals surface area contributed by atoms with E-state index in [1.165, 1.54) is 27.7 Å². The molecule has 210 valence electrons. The van der Waals surface area contributed by atoms with E-state index in [9.17, 15) is 18.8 Å². The van der Waals surface area contributed by atoms with Gasteiger partial charge in [-0.2, -0.15) is 23.5 Å². The van der Waals surface area contributed by atoms with Crippen LogP contribution in [0.3, 0.4) is 0 Å². The summed E-state index contributed by atoms with van der Waals surface area (Å²) in [5.74, 6) is 0.435. The van der Waals surface area contributed by atoms with Crippen LogP contribution < -0.4 is 20.3 Å². The number of anilines is 4. The predicted molar refractivity (Wildman–Crippen MR) is 141 cm³/mol. The van der Waals surface area contributed by atoms with Crippen LogP contribution in [0.2, 0.25) is 5.02 Å². The molecule has 3 fully saturated rings. The third-order valence-corrected chi connectivity index (χ3v) is 7.59. The summed E-state index contributed by atoms with van der Waals surface area (Å²) in [6.07, 6.45) is 2.45. The fourth-order valence-corrected chi connectivity index (χ4v) is 5.17. The Labute approximate surface area is 231 Å². The van der Waals surface area contributed by atoms with E-state index in [2.05, 4.69) is 30.6 Å². The summed E-state index contributed by atoms with van der Waals surface area (Å²) in [6, 6.07) is 5.27. The molecule has 0 spiro atoms. The van der Waals surface area contributed by atoms with Gasteiger partial charge in [0, 0.05) is 63.5 Å². The second-order valence-corrected chi connectivity index (χ2v) is 10.2. The molecule has 2 saturated heterocycles. The molecule has 13 nitrogen and oxygen atoms in total. The van der Waals surface area contributed by atoms with Crippen LogP contribution >= 0.6 is 11.6 Å². The van der Waals surface area contributed by atoms with Crippen molar-refractivity contribution < 1.29 is 23.4 Å². The summed E-state index contributed by atoms with van der Waals surface area (Å²) < 4.78 is 32.5. The van der Waals surface area contributed by atoms with Crippen LogP contribution in [0.5, 0.6) is 5.75 Å². The zero-order chi connectivity index (χ0) is 28.0. The Bertz CT molecular complexity index is 1480. The third kappa shape index (κ3) is 5.19. The summed E-state index contributed by atoms with van der Waals surface area (Å²) in [5.41, 5.74) is 1.35. The Balaban J connectivity index is 1.26. The molecule has 0 bridgehead atoms. The number of fused-ring (bicyclic) bond motifs is 1. The highest BCUT2D eigenvalue weighted by molar-refractivity contribution is 6.36. The summed E-state index contributed by atoms with van der Waals surface area (Å²) in [4.78, 5) is 25.4. The molecular formula is C24H25ClF2N10O3. The average Bonchev–Trinajstić information content (AvgIpc) is 3.60. The van der Waals surface area contributed by atoms with Gasteiger partial charge >= 0.3 is 12.7 Å². The number of nitriles is 1. The van der Waals surface area contributed by atoms with Crippen molar-refractivity contribution >= 4 is 46.5 Å². The van der Waals surface area contributed by atoms with Gasteiger partial charge in [0.05, 0.1) is 22.6 Å². The largest absolute Gasteiger partial charge is 0.465 e. The number of ether oxygens (including phenoxy) is 1. The molecule has 3 aliphatic rings. The van der Waals surface area contributed by atoms with E-state index in [-0.39, 0.29) is 40.2 Å². The molecule has 6 rings (SSSR count). The first kappa shape index (κ1) is 26.1. The molecule has 0 atom stereocenters. The average molecular weight is 575 g/mol. The van der Waals surface area contributed by atoms with Crippen LogP contribution in [0.4, 0.5) is 36.7 Å². The Kier molecular flexibility index (Phi) is 6.80. The third-order valence-electron chi connectivity index (χ3n) is 7.20. The lowest BCUT2D eigenvalue weighted by Gasteiger charge is -2.47. The van der Waals surface area contributed by atoms with Gasteiger partial charge in [-0.25, -0.2) is 9.78 Å². The van der Waals surface area contributed by atoms with Crippen LogP contribution in [-0.2, 0) is 0 Å². The normalized spacial score (nSPS) is 18.1. The monoisotopic (exact) mass is 574 g/mol. The van der Waals surface area contributed by atoms with Crippen molar-refractivity contribution in [1.82, 2.24) is 29.4 Å². The molecule has 2 aromatic heterocycles. The van der Waals surface area contributed by atoms with Gasteiger partial charge < -0.3 is 30.3 Å². The van der Waals surface area contributed by atoms with Crippen molar-refractivity contribution in [3.8, 4) is 11.8 Å². The van der Waals surface area contributed by atoms with Crippen molar-refractivity contribution in [2.45, 2.75) is 31.5 Å². The lowest BCUT2D eigenvalue weighted by atomic mass is 10.1. The minimum absolute atomic E-state index is 0.0879. The van der Waals surface area contributed by atoms with Gasteiger partial charge in [0.2, 0.25) is 5.95 Å². The number of hydrogen-bond acceptors (Lipinski definition) is 10. The molecule has 2 aliphatic heterocycles. The number of nitrogens with one attached hydrogen (secondary N) is 2. The number of carbonyl (C=O) groups is 1. The fraction of sp³-hybridized carbons (Fsp3) is 0.458. The van der Waals surface area contributed by atoms with E-state index < -0.39 is 12.7 Å². The van der Waals surface area contributed by atoms with Gasteiger partial charge in [0.15, 0.2) is 17.2 Å². The molecule has 1 saturated carbocycles. The minimum atomic E-state index is -3.04. The molecule has 0 unspecified atom stereocenters. The van der Waals surface area contributed by atoms with Gasteiger partial charge in [-0.3, -0.25) is 4.90 Å². The van der Waals surface area contributed by atoms with Crippen LogP contribution in [0, 0.1) is 11.3 Å². The number of imidazole rings is 1. The molecule has 40 heavy (non-hydrogen) atoms. The van der Waals surface area contributed by atoms with E-state index >= 15 is 0 Å². The lowest BCUT2D eigenvalue weighted by molar-refractivity contribution is -0.0497. The number of rotatable bonds is 8. The van der Waals surface area contributed by atoms with E-state index in [4.69, 9.17) is 21.4 Å². The molecule has 3 N–H and O–H groups in total. The Morgan fingerprint density at radius 3 is 2.62 bits per heavy atom. The van der Waals surface area contributed by atoms with Crippen LogP contribution in [0.25, 0.3) is 5.65 Å². The van der Waals surface area contributed by atoms with Crippen LogP contribution in [0.15, 0.2) is 18.3 Å². The molecule has 0 radical (unpaired) electrons. The second-order valence-electron chi connectivity index (χ2n) is 9.87. The molecule has 1 aliphatic carbocycles. The number of alkyl halides is 2. The quantitative estimate of drug-likeness (QED) is 0.364. The van der Waals surface area contributed by atoms with Gasteiger partial charge in [0.1, 0.15) is 11.8 Å². The van der Waals surface area contributed by atoms with E-state index in [1.807, 2.05) is 11.0 Å². The minimum Gasteiger partial charge on any atom is -0.465 e. The molecule has 16 heteroatoms. The molecular weight excluding hydrogens is 550 g/mol. The summed E-state index contributed by atoms with van der Waals surface area (Å²) in [7, 11) is 0. The maximum Gasteiger partial charge on any atom is 0.407 e. The Morgan fingerprint density at radius 2 is 1.98 bits per heavy atom. The maximum absolute atomic E-state index is 13.2. The van der Waals surface area contributed by atoms with Crippen molar-refractivity contribution in [3.05, 3.63) is 29.0 Å². The highest BCUT2D eigenvalue weighted by Gasteiger charge is 2.36. The molecule has 3 aromatic rings. The first-order chi connectivity index (χ1) is 19.3. The molecule has 1 amide bonds. The van der Waals surface area contributed by atoms with Crippen LogP contribution in [-0.4, -0.2) is 98.5 Å². The summed E-state index contributed by atoms with van der Waals surface area (Å²) in [6.45, 7) is 0.317. The number of benzene rings is 1. The zero-order valence-corrected chi connectivity index (χ0v) is 21.9. The van der Waals surface area contributed by atoms with Gasteiger partial charge in [-0.1, -0.05) is 11.6 Å². The van der Waals surface area contributed by atoms with Gasteiger partial charge in [0.25, 0.3) is 0 Å². The number of aromatic nitrogens is 4. The second kappa shape index (κ2) is 10.4. The molecule has 1 aromatic carbocycles. The zero-order valence-electron chi connectivity index (χ0n) is 21.1. The highest BCUT2D eigenvalue weighted by atomic mass is 35.5. The fourth-order valence-electron chi connectivity index (χ4n) is 4.89. The topological polar surface area (TPSA) is 147 Å². The first-order valence-electron chi connectivity index (χ1n) is 12.7. The number of hydrogen-bond donors (Lipinski definition) is 3. The van der Waals surface area contributed by atoms with Crippen molar-refractivity contribution in [2.75, 3.05) is 54.8 Å². The van der Waals surface area contributed by atoms with Crippen molar-refractivity contribution in [2.24, 2.45) is 0 Å². The summed E-state index contributed by atoms with van der Waals surface area (Å²) >= 11 is 6.81. The number of likely N-dealkylation sites (tertiary alicyclic amines) is 1. The van der Waals surface area contributed by atoms with Crippen molar-refractivity contribution in [1.29, 1.82) is 5.26 Å². The lowest BCUT2D eigenvalue weighted by Crippen LogP contribution is -2.64. The Morgan fingerprint density at radius 1 is 1.23 bits per heavy atom. The standard InChI is InChI=1S/C24H25ClF2N10O3/c25-19-17(31-23-32-20(30-13-1-2-13)21-29-10-14(9-28)37(21)33-23)7-16(40-22(26)27)8-18(19)35-5-3-34(4-6-35)15-11-36(12-15)24(38)39/h7-8,10,13,15,22H,1-6,11-12H2,(H,38,39)(H2,30,31,32,33). The highest BCUT2D eigenvalue weighted by Crippen LogP contribution is 2.40. The van der Waals surface area contributed by atoms with Crippen LogP contribution in [0.1, 0.15) is 18.5 Å². The summed E-state index contributed by atoms with van der Waals surface area (Å²) in [5, 5.41) is 29.5. The number of amides is 1. The van der Waals surface area contributed by atoms with E-state index in [0.717, 1.165) is 12.8 Å². The number of halogens is 3. The SMILES string of the molecule is N#Cc1cnc2c(NC3CC3)nc(Nc3cc(OC(F)F)cc(N4CCN(C5CN(C(=O)O)C5)CC4)c3Cl)nn12. The van der Waals surface area contributed by atoms with Crippen molar-refractivity contribution in [3.63, 3.8) is 0 Å². The molecule has 4 heterocycles. The maximum atomic E-state index is 13.2. The number of piperazine rings is 1. The van der Waals surface area contributed by atoms with Gasteiger partial charge in [-0.05, 0) is 12.8 Å². The predicted octanol–water partition coefficient (Wildman–Crippen LogP) is 3.05. The van der Waals surface area contributed by atoms with Gasteiger partial charge in [-0.15, -0.1) is 5.10 Å². The first-order valence-corrected chi connectivity index (χ1v) is 13.1. The number of carboxylic acid groups (broad SMARTS) is 1.